The Kier molecular flexibility index (Phi) is 29.2. The Hall–Kier alpha value is -0.0400. The molecule has 0 bridgehead atoms. The van der Waals surface area contributed by atoms with Gasteiger partial charge >= 0.3 is 0 Å². The first-order valence-electron chi connectivity index (χ1n) is 16.5. The Morgan fingerprint density at radius 1 is 0.353 bits per heavy atom. The van der Waals surface area contributed by atoms with E-state index >= 15 is 0 Å². The topological polar surface area (TPSA) is 3.24 Å². The van der Waals surface area contributed by atoms with Gasteiger partial charge in [0.2, 0.25) is 0 Å². The van der Waals surface area contributed by atoms with E-state index in [0.717, 1.165) is 6.04 Å². The summed E-state index contributed by atoms with van der Waals surface area (Å²) in [5.74, 6) is 0. The summed E-state index contributed by atoms with van der Waals surface area (Å²) in [6, 6.07) is 0.787. The van der Waals surface area contributed by atoms with Crippen LogP contribution in [-0.4, -0.2) is 24.0 Å². The Morgan fingerprint density at radius 3 is 0.882 bits per heavy atom. The van der Waals surface area contributed by atoms with E-state index in [0.29, 0.717) is 0 Å². The van der Waals surface area contributed by atoms with Crippen LogP contribution in [-0.2, 0) is 0 Å². The molecule has 1 unspecified atom stereocenters. The molecule has 1 atom stereocenters. The molecule has 0 heterocycles. The second kappa shape index (κ2) is 29.2. The average Bonchev–Trinajstić information content (AvgIpc) is 2.84. The lowest BCUT2D eigenvalue weighted by molar-refractivity contribution is 0.196. The Balaban J connectivity index is 3.19. The number of unbranched alkanes of at least 4 members (excludes halogenated alkanes) is 22. The minimum absolute atomic E-state index is 0.787. The quantitative estimate of drug-likeness (QED) is 0.0964. The van der Waals surface area contributed by atoms with Crippen molar-refractivity contribution in [3.63, 3.8) is 0 Å². The van der Waals surface area contributed by atoms with Gasteiger partial charge in [-0.3, -0.25) is 0 Å². The largest absolute Gasteiger partial charge is 0.301 e. The second-order valence-electron chi connectivity index (χ2n) is 11.5. The first-order valence-corrected chi connectivity index (χ1v) is 16.5. The highest BCUT2D eigenvalue weighted by Gasteiger charge is 2.11. The summed E-state index contributed by atoms with van der Waals surface area (Å²) in [6.07, 6.45) is 37.9. The number of hydrogen-bond donors (Lipinski definition) is 0. The SMILES string of the molecule is CCCCCCCCCCCCCCCCCCCCCCCCCC(C)N(CCC)CCC. The summed E-state index contributed by atoms with van der Waals surface area (Å²) in [5, 5.41) is 0. The monoisotopic (exact) mass is 480 g/mol. The van der Waals surface area contributed by atoms with Gasteiger partial charge < -0.3 is 4.90 Å². The Labute approximate surface area is 218 Å². The van der Waals surface area contributed by atoms with Crippen molar-refractivity contribution in [3.05, 3.63) is 0 Å². The standard InChI is InChI=1S/C33H69N/c1-5-8-9-10-11-12-13-14-15-16-17-18-19-20-21-22-23-24-25-26-27-28-29-30-33(4)34(31-6-2)32-7-3/h33H,5-32H2,1-4H3. The van der Waals surface area contributed by atoms with E-state index in [2.05, 4.69) is 32.6 Å². The fourth-order valence-electron chi connectivity index (χ4n) is 5.53. The van der Waals surface area contributed by atoms with Crippen molar-refractivity contribution in [1.29, 1.82) is 0 Å². The zero-order chi connectivity index (χ0) is 25.0. The van der Waals surface area contributed by atoms with Gasteiger partial charge in [0.1, 0.15) is 0 Å². The minimum atomic E-state index is 0.787. The van der Waals surface area contributed by atoms with Crippen LogP contribution in [0.5, 0.6) is 0 Å². The van der Waals surface area contributed by atoms with E-state index < -0.39 is 0 Å². The van der Waals surface area contributed by atoms with Crippen LogP contribution in [0.4, 0.5) is 0 Å². The molecule has 0 aliphatic heterocycles. The van der Waals surface area contributed by atoms with Crippen molar-refractivity contribution in [2.75, 3.05) is 13.1 Å². The Bertz CT molecular complexity index is 346. The smallest absolute Gasteiger partial charge is 0.00669 e. The van der Waals surface area contributed by atoms with Crippen molar-refractivity contribution in [2.45, 2.75) is 201 Å². The van der Waals surface area contributed by atoms with E-state index in [1.54, 1.807) is 0 Å². The highest BCUT2D eigenvalue weighted by atomic mass is 15.1. The molecule has 0 aromatic carbocycles. The zero-order valence-corrected chi connectivity index (χ0v) is 24.8. The molecule has 1 heteroatoms. The Morgan fingerprint density at radius 2 is 0.618 bits per heavy atom. The molecule has 0 saturated heterocycles. The van der Waals surface area contributed by atoms with Crippen LogP contribution in [0.2, 0.25) is 0 Å². The molecule has 206 valence electrons. The predicted molar refractivity (Wildman–Crippen MR) is 158 cm³/mol. The van der Waals surface area contributed by atoms with Crippen LogP contribution in [0.1, 0.15) is 195 Å². The molecule has 0 spiro atoms. The third-order valence-electron chi connectivity index (χ3n) is 7.87. The molecule has 1 nitrogen and oxygen atoms in total. The molecule has 0 aliphatic rings. The number of nitrogens with zero attached hydrogens (tertiary/aromatic N) is 1. The summed E-state index contributed by atoms with van der Waals surface area (Å²) in [5.41, 5.74) is 0. The zero-order valence-electron chi connectivity index (χ0n) is 24.8. The molecule has 34 heavy (non-hydrogen) atoms. The molecule has 0 amide bonds. The molecule has 0 aliphatic carbocycles. The first-order chi connectivity index (χ1) is 16.8. The molecule has 0 fully saturated rings. The number of rotatable bonds is 29. The van der Waals surface area contributed by atoms with Crippen LogP contribution in [0.15, 0.2) is 0 Å². The molecule has 0 aromatic rings. The van der Waals surface area contributed by atoms with Gasteiger partial charge in [0, 0.05) is 6.04 Å². The molecule has 0 rings (SSSR count). The van der Waals surface area contributed by atoms with Gasteiger partial charge in [0.15, 0.2) is 0 Å². The van der Waals surface area contributed by atoms with Crippen molar-refractivity contribution in [1.82, 2.24) is 4.90 Å². The highest BCUT2D eigenvalue weighted by molar-refractivity contribution is 4.66. The molecule has 0 N–H and O–H groups in total. The van der Waals surface area contributed by atoms with Crippen LogP contribution >= 0.6 is 0 Å². The van der Waals surface area contributed by atoms with Crippen LogP contribution < -0.4 is 0 Å². The van der Waals surface area contributed by atoms with Gasteiger partial charge in [-0.1, -0.05) is 168 Å². The van der Waals surface area contributed by atoms with Gasteiger partial charge in [-0.15, -0.1) is 0 Å². The van der Waals surface area contributed by atoms with Crippen LogP contribution in [0.25, 0.3) is 0 Å². The highest BCUT2D eigenvalue weighted by Crippen LogP contribution is 2.16. The van der Waals surface area contributed by atoms with Crippen molar-refractivity contribution in [2.24, 2.45) is 0 Å². The number of hydrogen-bond acceptors (Lipinski definition) is 1. The molecule has 0 radical (unpaired) electrons. The van der Waals surface area contributed by atoms with Crippen molar-refractivity contribution in [3.8, 4) is 0 Å². The molecule has 0 saturated carbocycles. The maximum Gasteiger partial charge on any atom is 0.00669 e. The fraction of sp³-hybridized carbons (Fsp3) is 1.00. The lowest BCUT2D eigenvalue weighted by Gasteiger charge is -2.28. The summed E-state index contributed by atoms with van der Waals surface area (Å²) in [6.45, 7) is 12.0. The minimum Gasteiger partial charge on any atom is -0.301 e. The molecular formula is C33H69N. The average molecular weight is 480 g/mol. The summed E-state index contributed by atoms with van der Waals surface area (Å²) in [4.78, 5) is 2.71. The third-order valence-corrected chi connectivity index (χ3v) is 7.87. The van der Waals surface area contributed by atoms with E-state index in [9.17, 15) is 0 Å². The predicted octanol–water partition coefficient (Wildman–Crippen LogP) is 11.9. The lowest BCUT2D eigenvalue weighted by atomic mass is 10.0. The van der Waals surface area contributed by atoms with Gasteiger partial charge in [0.25, 0.3) is 0 Å². The van der Waals surface area contributed by atoms with E-state index in [1.165, 1.54) is 180 Å². The molecule has 0 aromatic heterocycles. The van der Waals surface area contributed by atoms with Crippen molar-refractivity contribution < 1.29 is 0 Å². The van der Waals surface area contributed by atoms with Crippen LogP contribution in [0.3, 0.4) is 0 Å². The van der Waals surface area contributed by atoms with Gasteiger partial charge in [-0.25, -0.2) is 0 Å². The lowest BCUT2D eigenvalue weighted by Crippen LogP contribution is -2.34. The summed E-state index contributed by atoms with van der Waals surface area (Å²) in [7, 11) is 0. The maximum atomic E-state index is 2.71. The van der Waals surface area contributed by atoms with E-state index in [4.69, 9.17) is 0 Å². The van der Waals surface area contributed by atoms with Gasteiger partial charge in [0.05, 0.1) is 0 Å². The van der Waals surface area contributed by atoms with Gasteiger partial charge in [-0.05, 0) is 39.3 Å². The van der Waals surface area contributed by atoms with E-state index in [-0.39, 0.29) is 0 Å². The summed E-state index contributed by atoms with van der Waals surface area (Å²) >= 11 is 0. The summed E-state index contributed by atoms with van der Waals surface area (Å²) < 4.78 is 0. The maximum absolute atomic E-state index is 2.71. The van der Waals surface area contributed by atoms with E-state index in [1.807, 2.05) is 0 Å². The third kappa shape index (κ3) is 25.1. The van der Waals surface area contributed by atoms with Gasteiger partial charge in [-0.2, -0.15) is 0 Å². The molecular weight excluding hydrogens is 410 g/mol. The fourth-order valence-corrected chi connectivity index (χ4v) is 5.53. The van der Waals surface area contributed by atoms with Crippen LogP contribution in [0, 0.1) is 0 Å². The first kappa shape index (κ1) is 34.0. The van der Waals surface area contributed by atoms with Crippen molar-refractivity contribution >= 4 is 0 Å². The second-order valence-corrected chi connectivity index (χ2v) is 11.5. The normalized spacial score (nSPS) is 12.6.